The number of halogens is 1. The second-order valence-corrected chi connectivity index (χ2v) is 7.99. The fourth-order valence-corrected chi connectivity index (χ4v) is 3.34. The average Bonchev–Trinajstić information content (AvgIpc) is 2.70. The summed E-state index contributed by atoms with van der Waals surface area (Å²) < 4.78 is 0. The van der Waals surface area contributed by atoms with Crippen molar-refractivity contribution >= 4 is 40.6 Å². The molecule has 29 heavy (non-hydrogen) atoms. The Morgan fingerprint density at radius 3 is 2.38 bits per heavy atom. The Morgan fingerprint density at radius 2 is 1.72 bits per heavy atom. The lowest BCUT2D eigenvalue weighted by Gasteiger charge is -2.36. The number of piperazine rings is 1. The van der Waals surface area contributed by atoms with E-state index in [2.05, 4.69) is 15.5 Å². The molecule has 0 unspecified atom stereocenters. The molecule has 0 saturated carbocycles. The summed E-state index contributed by atoms with van der Waals surface area (Å²) in [6, 6.07) is 13.2. The van der Waals surface area contributed by atoms with E-state index in [0.29, 0.717) is 29.5 Å². The summed E-state index contributed by atoms with van der Waals surface area (Å²) in [7, 11) is 0. The van der Waals surface area contributed by atoms with Gasteiger partial charge in [0.25, 0.3) is 0 Å². The van der Waals surface area contributed by atoms with Gasteiger partial charge in [0, 0.05) is 54.2 Å². The topological polar surface area (TPSA) is 64.7 Å². The summed E-state index contributed by atoms with van der Waals surface area (Å²) in [5.74, 6) is -0.159. The first-order valence-corrected chi connectivity index (χ1v) is 10.2. The lowest BCUT2D eigenvalue weighted by molar-refractivity contribution is -0.118. The molecule has 7 heteroatoms. The minimum Gasteiger partial charge on any atom is -0.368 e. The van der Waals surface area contributed by atoms with Gasteiger partial charge in [0.2, 0.25) is 5.91 Å². The molecular weight excluding hydrogens is 388 g/mol. The molecule has 1 fully saturated rings. The van der Waals surface area contributed by atoms with Crippen LogP contribution in [-0.4, -0.2) is 43.0 Å². The molecule has 154 valence electrons. The van der Waals surface area contributed by atoms with Crippen molar-refractivity contribution in [3.8, 4) is 0 Å². The van der Waals surface area contributed by atoms with Gasteiger partial charge in [-0.1, -0.05) is 37.6 Å². The van der Waals surface area contributed by atoms with Gasteiger partial charge in [-0.2, -0.15) is 0 Å². The third kappa shape index (κ3) is 5.41. The molecule has 0 aromatic heterocycles. The Balaban J connectivity index is 1.60. The lowest BCUT2D eigenvalue weighted by Crippen LogP contribution is -2.50. The van der Waals surface area contributed by atoms with E-state index in [1.807, 2.05) is 57.2 Å². The number of amides is 3. The molecule has 1 aliphatic heterocycles. The van der Waals surface area contributed by atoms with Crippen molar-refractivity contribution in [1.29, 1.82) is 0 Å². The molecule has 3 rings (SSSR count). The van der Waals surface area contributed by atoms with E-state index in [-0.39, 0.29) is 17.9 Å². The zero-order valence-corrected chi connectivity index (χ0v) is 17.8. The van der Waals surface area contributed by atoms with Crippen molar-refractivity contribution in [2.45, 2.75) is 20.8 Å². The Bertz CT molecular complexity index is 892. The van der Waals surface area contributed by atoms with Crippen LogP contribution in [0.4, 0.5) is 21.9 Å². The van der Waals surface area contributed by atoms with Gasteiger partial charge in [0.05, 0.1) is 0 Å². The number of hydrogen-bond acceptors (Lipinski definition) is 3. The van der Waals surface area contributed by atoms with E-state index < -0.39 is 0 Å². The molecule has 1 heterocycles. The van der Waals surface area contributed by atoms with Crippen LogP contribution in [0.3, 0.4) is 0 Å². The van der Waals surface area contributed by atoms with Gasteiger partial charge < -0.3 is 20.4 Å². The highest BCUT2D eigenvalue weighted by Crippen LogP contribution is 2.23. The van der Waals surface area contributed by atoms with E-state index in [9.17, 15) is 9.59 Å². The first-order chi connectivity index (χ1) is 13.8. The van der Waals surface area contributed by atoms with Crippen LogP contribution >= 0.6 is 11.6 Å². The number of carbonyl (C=O) groups excluding carboxylic acids is 2. The summed E-state index contributed by atoms with van der Waals surface area (Å²) >= 11 is 6.08. The Kier molecular flexibility index (Phi) is 6.64. The predicted molar refractivity (Wildman–Crippen MR) is 119 cm³/mol. The van der Waals surface area contributed by atoms with Crippen molar-refractivity contribution in [1.82, 2.24) is 4.90 Å². The molecule has 0 radical (unpaired) electrons. The highest BCUT2D eigenvalue weighted by Gasteiger charge is 2.22. The third-order valence-electron chi connectivity index (χ3n) is 5.01. The number of rotatable bonds is 4. The highest BCUT2D eigenvalue weighted by atomic mass is 35.5. The van der Waals surface area contributed by atoms with Crippen LogP contribution in [0.5, 0.6) is 0 Å². The Morgan fingerprint density at radius 1 is 1.00 bits per heavy atom. The molecular formula is C22H27ClN4O2. The van der Waals surface area contributed by atoms with Crippen molar-refractivity contribution < 1.29 is 9.59 Å². The second kappa shape index (κ2) is 9.18. The highest BCUT2D eigenvalue weighted by molar-refractivity contribution is 6.30. The van der Waals surface area contributed by atoms with Gasteiger partial charge in [-0.15, -0.1) is 0 Å². The van der Waals surface area contributed by atoms with Gasteiger partial charge in [-0.05, 0) is 42.8 Å². The predicted octanol–water partition coefficient (Wildman–Crippen LogP) is 4.60. The smallest absolute Gasteiger partial charge is 0.321 e. The van der Waals surface area contributed by atoms with Crippen molar-refractivity contribution in [2.24, 2.45) is 5.92 Å². The van der Waals surface area contributed by atoms with Crippen LogP contribution in [0.1, 0.15) is 19.4 Å². The Labute approximate surface area is 176 Å². The van der Waals surface area contributed by atoms with Crippen LogP contribution in [0.2, 0.25) is 5.02 Å². The minimum absolute atomic E-state index is 0.0525. The maximum absolute atomic E-state index is 12.7. The monoisotopic (exact) mass is 414 g/mol. The summed E-state index contributed by atoms with van der Waals surface area (Å²) in [5, 5.41) is 6.56. The van der Waals surface area contributed by atoms with Crippen molar-refractivity contribution in [3.05, 3.63) is 53.1 Å². The van der Waals surface area contributed by atoms with Crippen LogP contribution in [-0.2, 0) is 4.79 Å². The first kappa shape index (κ1) is 21.0. The molecule has 2 aromatic rings. The molecule has 1 saturated heterocycles. The van der Waals surface area contributed by atoms with Crippen molar-refractivity contribution in [2.75, 3.05) is 41.7 Å². The van der Waals surface area contributed by atoms with Gasteiger partial charge in [0.1, 0.15) is 0 Å². The number of aryl methyl sites for hydroxylation is 1. The Hall–Kier alpha value is -2.73. The fourth-order valence-electron chi connectivity index (χ4n) is 3.16. The molecule has 3 amide bonds. The molecule has 2 N–H and O–H groups in total. The van der Waals surface area contributed by atoms with E-state index in [1.165, 1.54) is 0 Å². The van der Waals surface area contributed by atoms with Gasteiger partial charge >= 0.3 is 6.03 Å². The number of hydrogen-bond donors (Lipinski definition) is 2. The van der Waals surface area contributed by atoms with Gasteiger partial charge in [-0.3, -0.25) is 4.79 Å². The fraction of sp³-hybridized carbons (Fsp3) is 0.364. The summed E-state index contributed by atoms with van der Waals surface area (Å²) in [4.78, 5) is 28.7. The number of anilines is 3. The number of nitrogens with one attached hydrogen (secondary N) is 2. The van der Waals surface area contributed by atoms with Crippen LogP contribution < -0.4 is 15.5 Å². The SMILES string of the molecule is Cc1ccc(NC(=O)C(C)C)cc1NC(=O)N1CCN(c2cccc(Cl)c2)CC1. The third-order valence-corrected chi connectivity index (χ3v) is 5.25. The van der Waals surface area contributed by atoms with Gasteiger partial charge in [0.15, 0.2) is 0 Å². The molecule has 0 aliphatic carbocycles. The standard InChI is InChI=1S/C22H27ClN4O2/c1-15(2)21(28)24-18-8-7-16(3)20(14-18)25-22(29)27-11-9-26(10-12-27)19-6-4-5-17(23)13-19/h4-8,13-15H,9-12H2,1-3H3,(H,24,28)(H,25,29). The van der Waals surface area contributed by atoms with Gasteiger partial charge in [-0.25, -0.2) is 4.79 Å². The lowest BCUT2D eigenvalue weighted by atomic mass is 10.1. The largest absolute Gasteiger partial charge is 0.368 e. The average molecular weight is 415 g/mol. The van der Waals surface area contributed by atoms with E-state index >= 15 is 0 Å². The number of urea groups is 1. The van der Waals surface area contributed by atoms with E-state index in [1.54, 1.807) is 11.0 Å². The zero-order valence-electron chi connectivity index (χ0n) is 17.0. The molecule has 0 spiro atoms. The maximum atomic E-state index is 12.7. The molecule has 0 atom stereocenters. The number of nitrogens with zero attached hydrogens (tertiary/aromatic N) is 2. The number of carbonyl (C=O) groups is 2. The maximum Gasteiger partial charge on any atom is 0.321 e. The van der Waals surface area contributed by atoms with E-state index in [4.69, 9.17) is 11.6 Å². The van der Waals surface area contributed by atoms with Crippen molar-refractivity contribution in [3.63, 3.8) is 0 Å². The summed E-state index contributed by atoms with van der Waals surface area (Å²) in [5.41, 5.74) is 3.39. The van der Waals surface area contributed by atoms with Crippen LogP contribution in [0.25, 0.3) is 0 Å². The van der Waals surface area contributed by atoms with Crippen LogP contribution in [0.15, 0.2) is 42.5 Å². The molecule has 2 aromatic carbocycles. The normalized spacial score (nSPS) is 14.1. The van der Waals surface area contributed by atoms with E-state index in [0.717, 1.165) is 24.3 Å². The first-order valence-electron chi connectivity index (χ1n) is 9.81. The summed E-state index contributed by atoms with van der Waals surface area (Å²) in [6.07, 6.45) is 0. The minimum atomic E-state index is -0.133. The molecule has 0 bridgehead atoms. The quantitative estimate of drug-likeness (QED) is 0.768. The molecule has 6 nitrogen and oxygen atoms in total. The zero-order chi connectivity index (χ0) is 21.0. The summed E-state index contributed by atoms with van der Waals surface area (Å²) in [6.45, 7) is 8.36. The molecule has 1 aliphatic rings. The van der Waals surface area contributed by atoms with Crippen LogP contribution in [0, 0.1) is 12.8 Å². The second-order valence-electron chi connectivity index (χ2n) is 7.56. The number of benzene rings is 2.